The number of carbonyl (C=O) groups is 1. The summed E-state index contributed by atoms with van der Waals surface area (Å²) in [6, 6.07) is 14.5. The molecule has 2 aromatic rings. The average molecular weight is 313 g/mol. The summed E-state index contributed by atoms with van der Waals surface area (Å²) in [5.41, 5.74) is 3.12. The van der Waals surface area contributed by atoms with Crippen molar-refractivity contribution in [2.24, 2.45) is 10.2 Å². The Morgan fingerprint density at radius 1 is 1.00 bits per heavy atom. The zero-order valence-electron chi connectivity index (χ0n) is 12.9. The number of nitrogens with zero attached hydrogens (tertiary/aromatic N) is 3. The molecule has 0 fully saturated rings. The average Bonchev–Trinajstić information content (AvgIpc) is 2.54. The van der Waals surface area contributed by atoms with Crippen LogP contribution in [-0.4, -0.2) is 36.4 Å². The summed E-state index contributed by atoms with van der Waals surface area (Å²) in [6.07, 6.45) is 0.000241. The third-order valence-electron chi connectivity index (χ3n) is 3.30. The highest BCUT2D eigenvalue weighted by Crippen LogP contribution is 2.22. The van der Waals surface area contributed by atoms with E-state index in [4.69, 9.17) is 10.2 Å². The molecule has 0 amide bonds. The molecule has 2 N–H and O–H groups in total. The van der Waals surface area contributed by atoms with Gasteiger partial charge in [0, 0.05) is 19.3 Å². The number of carboxylic acid groups (broad SMARTS) is 1. The van der Waals surface area contributed by atoms with Crippen LogP contribution in [0.15, 0.2) is 58.8 Å². The van der Waals surface area contributed by atoms with Gasteiger partial charge in [-0.2, -0.15) is 10.2 Å². The number of aliphatic hydroxyl groups excluding tert-OH is 1. The number of azo groups is 1. The smallest absolute Gasteiger partial charge is 0.307 e. The van der Waals surface area contributed by atoms with Gasteiger partial charge >= 0.3 is 5.97 Å². The van der Waals surface area contributed by atoms with Gasteiger partial charge in [-0.05, 0) is 42.0 Å². The SMILES string of the molecule is CN(CCO)c1ccc(N=Nc2ccc(CC(=O)O)cc2)cc1. The molecule has 0 aliphatic carbocycles. The molecule has 6 nitrogen and oxygen atoms in total. The fourth-order valence-corrected chi connectivity index (χ4v) is 2.02. The largest absolute Gasteiger partial charge is 0.481 e. The molecule has 0 spiro atoms. The summed E-state index contributed by atoms with van der Waals surface area (Å²) in [5, 5.41) is 25.9. The maximum atomic E-state index is 10.6. The minimum atomic E-state index is -0.856. The normalized spacial score (nSPS) is 10.9. The monoisotopic (exact) mass is 313 g/mol. The maximum Gasteiger partial charge on any atom is 0.307 e. The lowest BCUT2D eigenvalue weighted by molar-refractivity contribution is -0.136. The van der Waals surface area contributed by atoms with Crippen LogP contribution in [0.4, 0.5) is 17.1 Å². The van der Waals surface area contributed by atoms with E-state index < -0.39 is 5.97 Å². The zero-order valence-corrected chi connectivity index (χ0v) is 12.9. The molecular formula is C17H19N3O3. The minimum Gasteiger partial charge on any atom is -0.481 e. The van der Waals surface area contributed by atoms with E-state index in [1.807, 2.05) is 36.2 Å². The first-order chi connectivity index (χ1) is 11.1. The molecule has 120 valence electrons. The summed E-state index contributed by atoms with van der Waals surface area (Å²) in [5.74, 6) is -0.856. The maximum absolute atomic E-state index is 10.6. The van der Waals surface area contributed by atoms with Crippen LogP contribution in [0.1, 0.15) is 5.56 Å². The second kappa shape index (κ2) is 8.05. The number of hydrogen-bond acceptors (Lipinski definition) is 5. The lowest BCUT2D eigenvalue weighted by Crippen LogP contribution is -2.20. The second-order valence-electron chi connectivity index (χ2n) is 5.10. The molecular weight excluding hydrogens is 294 g/mol. The molecule has 0 aliphatic heterocycles. The molecule has 0 unspecified atom stereocenters. The molecule has 0 saturated carbocycles. The molecule has 0 radical (unpaired) electrons. The van der Waals surface area contributed by atoms with Crippen molar-refractivity contribution in [1.82, 2.24) is 0 Å². The number of carboxylic acids is 1. The van der Waals surface area contributed by atoms with E-state index in [9.17, 15) is 4.79 Å². The van der Waals surface area contributed by atoms with E-state index in [-0.39, 0.29) is 13.0 Å². The molecule has 2 aromatic carbocycles. The predicted octanol–water partition coefficient (Wildman–Crippen LogP) is 3.16. The Balaban J connectivity index is 2.01. The van der Waals surface area contributed by atoms with Crippen LogP contribution in [-0.2, 0) is 11.2 Å². The summed E-state index contributed by atoms with van der Waals surface area (Å²) in [7, 11) is 1.91. The predicted molar refractivity (Wildman–Crippen MR) is 88.8 cm³/mol. The molecule has 0 saturated heterocycles. The van der Waals surface area contributed by atoms with Crippen molar-refractivity contribution in [3.8, 4) is 0 Å². The van der Waals surface area contributed by atoms with Crippen LogP contribution in [0, 0.1) is 0 Å². The van der Waals surface area contributed by atoms with Crippen molar-refractivity contribution in [3.63, 3.8) is 0 Å². The van der Waals surface area contributed by atoms with Gasteiger partial charge in [-0.15, -0.1) is 0 Å². The highest BCUT2D eigenvalue weighted by atomic mass is 16.4. The van der Waals surface area contributed by atoms with Crippen molar-refractivity contribution in [2.75, 3.05) is 25.1 Å². The Hall–Kier alpha value is -2.73. The van der Waals surface area contributed by atoms with E-state index in [0.717, 1.165) is 16.9 Å². The van der Waals surface area contributed by atoms with E-state index in [0.29, 0.717) is 12.2 Å². The first-order valence-corrected chi connectivity index (χ1v) is 7.23. The summed E-state index contributed by atoms with van der Waals surface area (Å²) >= 11 is 0. The highest BCUT2D eigenvalue weighted by molar-refractivity contribution is 5.70. The summed E-state index contributed by atoms with van der Waals surface area (Å²) in [4.78, 5) is 12.6. The van der Waals surface area contributed by atoms with Crippen molar-refractivity contribution >= 4 is 23.0 Å². The molecule has 6 heteroatoms. The fraction of sp³-hybridized carbons (Fsp3) is 0.235. The van der Waals surface area contributed by atoms with Crippen molar-refractivity contribution in [2.45, 2.75) is 6.42 Å². The van der Waals surface area contributed by atoms with Crippen molar-refractivity contribution in [3.05, 3.63) is 54.1 Å². The Labute approximate surface area is 134 Å². The van der Waals surface area contributed by atoms with Gasteiger partial charge in [0.15, 0.2) is 0 Å². The molecule has 0 aliphatic rings. The van der Waals surface area contributed by atoms with Gasteiger partial charge in [0.2, 0.25) is 0 Å². The van der Waals surface area contributed by atoms with E-state index in [1.165, 1.54) is 0 Å². The first-order valence-electron chi connectivity index (χ1n) is 7.23. The third-order valence-corrected chi connectivity index (χ3v) is 3.30. The Kier molecular flexibility index (Phi) is 5.82. The van der Waals surface area contributed by atoms with Gasteiger partial charge in [-0.3, -0.25) is 4.79 Å². The van der Waals surface area contributed by atoms with Crippen LogP contribution in [0.5, 0.6) is 0 Å². The molecule has 2 rings (SSSR count). The number of likely N-dealkylation sites (N-methyl/N-ethyl adjacent to an activating group) is 1. The fourth-order valence-electron chi connectivity index (χ4n) is 2.02. The van der Waals surface area contributed by atoms with E-state index in [1.54, 1.807) is 24.3 Å². The van der Waals surface area contributed by atoms with Gasteiger partial charge in [0.05, 0.1) is 24.4 Å². The number of anilines is 1. The van der Waals surface area contributed by atoms with Crippen LogP contribution >= 0.6 is 0 Å². The molecule has 0 atom stereocenters. The van der Waals surface area contributed by atoms with Crippen LogP contribution in [0.25, 0.3) is 0 Å². The Morgan fingerprint density at radius 2 is 1.52 bits per heavy atom. The molecule has 0 aromatic heterocycles. The standard InChI is InChI=1S/C17H19N3O3/c1-20(10-11-21)16-8-6-15(7-9-16)19-18-14-4-2-13(3-5-14)12-17(22)23/h2-9,21H,10-12H2,1H3,(H,22,23). The first kappa shape index (κ1) is 16.6. The van der Waals surface area contributed by atoms with Gasteiger partial charge < -0.3 is 15.1 Å². The summed E-state index contributed by atoms with van der Waals surface area (Å²) < 4.78 is 0. The van der Waals surface area contributed by atoms with Gasteiger partial charge in [0.25, 0.3) is 0 Å². The number of aliphatic carboxylic acids is 1. The zero-order chi connectivity index (χ0) is 16.7. The van der Waals surface area contributed by atoms with Crippen LogP contribution in [0.2, 0.25) is 0 Å². The highest BCUT2D eigenvalue weighted by Gasteiger charge is 2.01. The quantitative estimate of drug-likeness (QED) is 0.769. The molecule has 0 bridgehead atoms. The second-order valence-corrected chi connectivity index (χ2v) is 5.10. The Bertz CT molecular complexity index is 666. The third kappa shape index (κ3) is 5.19. The minimum absolute atomic E-state index is 0.000241. The van der Waals surface area contributed by atoms with Crippen LogP contribution < -0.4 is 4.90 Å². The van der Waals surface area contributed by atoms with E-state index >= 15 is 0 Å². The van der Waals surface area contributed by atoms with E-state index in [2.05, 4.69) is 10.2 Å². The van der Waals surface area contributed by atoms with Crippen molar-refractivity contribution < 1.29 is 15.0 Å². The van der Waals surface area contributed by atoms with Crippen LogP contribution in [0.3, 0.4) is 0 Å². The van der Waals surface area contributed by atoms with Gasteiger partial charge in [-0.25, -0.2) is 0 Å². The van der Waals surface area contributed by atoms with Gasteiger partial charge in [-0.1, -0.05) is 12.1 Å². The molecule has 23 heavy (non-hydrogen) atoms. The van der Waals surface area contributed by atoms with Gasteiger partial charge in [0.1, 0.15) is 0 Å². The number of benzene rings is 2. The number of rotatable bonds is 7. The Morgan fingerprint density at radius 3 is 2.00 bits per heavy atom. The van der Waals surface area contributed by atoms with Crippen molar-refractivity contribution in [1.29, 1.82) is 0 Å². The lowest BCUT2D eigenvalue weighted by atomic mass is 10.1. The lowest BCUT2D eigenvalue weighted by Gasteiger charge is -2.17. The number of hydrogen-bond donors (Lipinski definition) is 2. The molecule has 0 heterocycles. The topological polar surface area (TPSA) is 85.5 Å². The number of aliphatic hydroxyl groups is 1. The summed E-state index contributed by atoms with van der Waals surface area (Å²) in [6.45, 7) is 0.680.